The maximum absolute atomic E-state index is 3.82. The Bertz CT molecular complexity index is 406. The third-order valence-electron chi connectivity index (χ3n) is 5.12. The molecule has 1 saturated heterocycles. The van der Waals surface area contributed by atoms with Crippen LogP contribution in [0, 0.1) is 12.8 Å². The van der Waals surface area contributed by atoms with Crippen LogP contribution in [0.4, 0.5) is 0 Å². The van der Waals surface area contributed by atoms with Gasteiger partial charge in [0.15, 0.2) is 0 Å². The van der Waals surface area contributed by atoms with Gasteiger partial charge in [-0.3, -0.25) is 0 Å². The van der Waals surface area contributed by atoms with E-state index in [1.807, 2.05) is 0 Å². The molecule has 2 aliphatic rings. The summed E-state index contributed by atoms with van der Waals surface area (Å²) in [6.07, 6.45) is 8.32. The van der Waals surface area contributed by atoms with Crippen LogP contribution in [0.2, 0.25) is 0 Å². The molecular formula is C18H28N2. The average molecular weight is 272 g/mol. The van der Waals surface area contributed by atoms with E-state index in [-0.39, 0.29) is 0 Å². The highest BCUT2D eigenvalue weighted by Crippen LogP contribution is 2.31. The summed E-state index contributed by atoms with van der Waals surface area (Å²) in [7, 11) is 0. The third-order valence-corrected chi connectivity index (χ3v) is 5.12. The predicted octanol–water partition coefficient (Wildman–Crippen LogP) is 3.40. The molecule has 1 aromatic rings. The van der Waals surface area contributed by atoms with Crippen molar-refractivity contribution in [1.82, 2.24) is 10.6 Å². The minimum Gasteiger partial charge on any atom is -0.314 e. The fraction of sp³-hybridized carbons (Fsp3) is 0.667. The monoisotopic (exact) mass is 272 g/mol. The molecule has 1 heterocycles. The van der Waals surface area contributed by atoms with Crippen LogP contribution in [0.15, 0.2) is 24.3 Å². The Hall–Kier alpha value is -0.860. The molecule has 110 valence electrons. The maximum Gasteiger partial charge on any atom is 0.0208 e. The quantitative estimate of drug-likeness (QED) is 0.878. The first-order valence-corrected chi connectivity index (χ1v) is 8.35. The lowest BCUT2D eigenvalue weighted by Gasteiger charge is -2.33. The van der Waals surface area contributed by atoms with Gasteiger partial charge in [-0.15, -0.1) is 0 Å². The maximum atomic E-state index is 3.82. The van der Waals surface area contributed by atoms with Gasteiger partial charge < -0.3 is 10.6 Å². The van der Waals surface area contributed by atoms with Crippen molar-refractivity contribution in [3.63, 3.8) is 0 Å². The van der Waals surface area contributed by atoms with Gasteiger partial charge in [-0.05, 0) is 50.6 Å². The summed E-state index contributed by atoms with van der Waals surface area (Å²) in [4.78, 5) is 0. The van der Waals surface area contributed by atoms with Crippen molar-refractivity contribution >= 4 is 0 Å². The van der Waals surface area contributed by atoms with Gasteiger partial charge in [0.25, 0.3) is 0 Å². The molecule has 3 unspecified atom stereocenters. The lowest BCUT2D eigenvalue weighted by molar-refractivity contribution is 0.257. The molecule has 3 rings (SSSR count). The highest BCUT2D eigenvalue weighted by atomic mass is 15.0. The van der Waals surface area contributed by atoms with Gasteiger partial charge in [-0.1, -0.05) is 42.7 Å². The summed E-state index contributed by atoms with van der Waals surface area (Å²) in [5.41, 5.74) is 2.76. The average Bonchev–Trinajstić information content (AvgIpc) is 2.96. The zero-order valence-electron chi connectivity index (χ0n) is 12.7. The first kappa shape index (κ1) is 14.1. The molecule has 2 nitrogen and oxygen atoms in total. The van der Waals surface area contributed by atoms with Crippen LogP contribution in [0.3, 0.4) is 0 Å². The van der Waals surface area contributed by atoms with Crippen LogP contribution >= 0.6 is 0 Å². The second-order valence-electron chi connectivity index (χ2n) is 6.62. The SMILES string of the molecule is Cc1ccc(CNC2CCCC2C2CCCCN2)cc1. The summed E-state index contributed by atoms with van der Waals surface area (Å²) >= 11 is 0. The Morgan fingerprint density at radius 2 is 1.90 bits per heavy atom. The molecule has 0 radical (unpaired) electrons. The fourth-order valence-electron chi connectivity index (χ4n) is 3.92. The van der Waals surface area contributed by atoms with E-state index >= 15 is 0 Å². The summed E-state index contributed by atoms with van der Waals surface area (Å²) < 4.78 is 0. The molecule has 1 aliphatic carbocycles. The largest absolute Gasteiger partial charge is 0.314 e. The van der Waals surface area contributed by atoms with E-state index < -0.39 is 0 Å². The van der Waals surface area contributed by atoms with Crippen molar-refractivity contribution in [2.45, 2.75) is 64.1 Å². The highest BCUT2D eigenvalue weighted by molar-refractivity contribution is 5.21. The van der Waals surface area contributed by atoms with Crippen LogP contribution in [-0.4, -0.2) is 18.6 Å². The van der Waals surface area contributed by atoms with E-state index in [2.05, 4.69) is 41.8 Å². The van der Waals surface area contributed by atoms with Gasteiger partial charge in [0.05, 0.1) is 0 Å². The molecule has 2 N–H and O–H groups in total. The number of aryl methyl sites for hydroxylation is 1. The van der Waals surface area contributed by atoms with E-state index in [4.69, 9.17) is 0 Å². The zero-order valence-corrected chi connectivity index (χ0v) is 12.7. The second-order valence-corrected chi connectivity index (χ2v) is 6.62. The second kappa shape index (κ2) is 6.73. The Kier molecular flexibility index (Phi) is 4.74. The normalized spacial score (nSPS) is 30.6. The number of piperidine rings is 1. The first-order valence-electron chi connectivity index (χ1n) is 8.35. The van der Waals surface area contributed by atoms with E-state index in [0.29, 0.717) is 6.04 Å². The molecule has 2 heteroatoms. The van der Waals surface area contributed by atoms with Crippen LogP contribution in [0.5, 0.6) is 0 Å². The van der Waals surface area contributed by atoms with Gasteiger partial charge in [0.2, 0.25) is 0 Å². The van der Waals surface area contributed by atoms with E-state index in [1.165, 1.54) is 56.2 Å². The first-order chi connectivity index (χ1) is 9.83. The number of hydrogen-bond acceptors (Lipinski definition) is 2. The summed E-state index contributed by atoms with van der Waals surface area (Å²) in [5, 5.41) is 7.58. The van der Waals surface area contributed by atoms with Crippen LogP contribution < -0.4 is 10.6 Å². The van der Waals surface area contributed by atoms with Crippen molar-refractivity contribution in [3.05, 3.63) is 35.4 Å². The molecule has 0 amide bonds. The standard InChI is InChI=1S/C18H28N2/c1-14-8-10-15(11-9-14)13-20-18-7-4-5-16(18)17-6-2-3-12-19-17/h8-11,16-20H,2-7,12-13H2,1H3. The Morgan fingerprint density at radius 1 is 1.05 bits per heavy atom. The van der Waals surface area contributed by atoms with Crippen molar-refractivity contribution < 1.29 is 0 Å². The van der Waals surface area contributed by atoms with Gasteiger partial charge in [-0.2, -0.15) is 0 Å². The minimum atomic E-state index is 0.715. The smallest absolute Gasteiger partial charge is 0.0208 e. The third kappa shape index (κ3) is 3.42. The topological polar surface area (TPSA) is 24.1 Å². The van der Waals surface area contributed by atoms with Gasteiger partial charge >= 0.3 is 0 Å². The highest BCUT2D eigenvalue weighted by Gasteiger charge is 2.33. The Morgan fingerprint density at radius 3 is 2.65 bits per heavy atom. The Balaban J connectivity index is 1.54. The predicted molar refractivity (Wildman–Crippen MR) is 84.8 cm³/mol. The van der Waals surface area contributed by atoms with Crippen molar-refractivity contribution in [3.8, 4) is 0 Å². The van der Waals surface area contributed by atoms with Crippen molar-refractivity contribution in [2.24, 2.45) is 5.92 Å². The molecule has 0 spiro atoms. The Labute approximate surface area is 123 Å². The molecular weight excluding hydrogens is 244 g/mol. The number of hydrogen-bond donors (Lipinski definition) is 2. The number of benzene rings is 1. The van der Waals surface area contributed by atoms with Gasteiger partial charge in [-0.25, -0.2) is 0 Å². The van der Waals surface area contributed by atoms with E-state index in [1.54, 1.807) is 0 Å². The van der Waals surface area contributed by atoms with Gasteiger partial charge in [0, 0.05) is 18.6 Å². The molecule has 3 atom stereocenters. The van der Waals surface area contributed by atoms with Crippen LogP contribution in [0.1, 0.15) is 49.7 Å². The molecule has 0 aromatic heterocycles. The summed E-state index contributed by atoms with van der Waals surface area (Å²) in [6.45, 7) is 4.40. The van der Waals surface area contributed by atoms with Crippen molar-refractivity contribution in [1.29, 1.82) is 0 Å². The molecule has 1 saturated carbocycles. The lowest BCUT2D eigenvalue weighted by Crippen LogP contribution is -2.46. The minimum absolute atomic E-state index is 0.715. The molecule has 2 fully saturated rings. The zero-order chi connectivity index (χ0) is 13.8. The fourth-order valence-corrected chi connectivity index (χ4v) is 3.92. The summed E-state index contributed by atoms with van der Waals surface area (Å²) in [6, 6.07) is 10.4. The lowest BCUT2D eigenvalue weighted by atomic mass is 9.88. The summed E-state index contributed by atoms with van der Waals surface area (Å²) in [5.74, 6) is 0.848. The number of nitrogens with one attached hydrogen (secondary N) is 2. The molecule has 0 bridgehead atoms. The molecule has 1 aliphatic heterocycles. The van der Waals surface area contributed by atoms with Gasteiger partial charge in [0.1, 0.15) is 0 Å². The molecule has 20 heavy (non-hydrogen) atoms. The van der Waals surface area contributed by atoms with Crippen LogP contribution in [0.25, 0.3) is 0 Å². The van der Waals surface area contributed by atoms with E-state index in [9.17, 15) is 0 Å². The van der Waals surface area contributed by atoms with Crippen molar-refractivity contribution in [2.75, 3.05) is 6.54 Å². The van der Waals surface area contributed by atoms with Crippen LogP contribution in [-0.2, 0) is 6.54 Å². The number of rotatable bonds is 4. The molecule has 1 aromatic carbocycles. The van der Waals surface area contributed by atoms with E-state index in [0.717, 1.165) is 18.5 Å².